The summed E-state index contributed by atoms with van der Waals surface area (Å²) in [5, 5.41) is 0. The van der Waals surface area contributed by atoms with Gasteiger partial charge >= 0.3 is 0 Å². The molecule has 0 fully saturated rings. The smallest absolute Gasteiger partial charge is 0.0440 e. The lowest BCUT2D eigenvalue weighted by Gasteiger charge is -2.23. The third kappa shape index (κ3) is 1.23. The molecular formula is C10H11NS. The molecule has 12 heavy (non-hydrogen) atoms. The van der Waals surface area contributed by atoms with Gasteiger partial charge in [0.05, 0.1) is 0 Å². The highest BCUT2D eigenvalue weighted by Gasteiger charge is 2.07. The van der Waals surface area contributed by atoms with E-state index in [1.165, 1.54) is 11.3 Å². The average molecular weight is 177 g/mol. The van der Waals surface area contributed by atoms with Gasteiger partial charge in [0, 0.05) is 24.2 Å². The first-order valence-electron chi connectivity index (χ1n) is 3.98. The fourth-order valence-corrected chi connectivity index (χ4v) is 1.67. The molecule has 62 valence electrons. The van der Waals surface area contributed by atoms with Gasteiger partial charge in [-0.05, 0) is 23.8 Å². The molecule has 0 bridgehead atoms. The maximum atomic E-state index is 4.30. The summed E-state index contributed by atoms with van der Waals surface area (Å²) >= 11 is 4.30. The van der Waals surface area contributed by atoms with Crippen LogP contribution in [0.5, 0.6) is 0 Å². The van der Waals surface area contributed by atoms with E-state index in [0.29, 0.717) is 0 Å². The molecule has 0 radical (unpaired) electrons. The van der Waals surface area contributed by atoms with Crippen molar-refractivity contribution in [3.8, 4) is 0 Å². The summed E-state index contributed by atoms with van der Waals surface area (Å²) in [6.45, 7) is 0.999. The summed E-state index contributed by atoms with van der Waals surface area (Å²) in [5.41, 5.74) is 2.55. The number of fused-ring (bicyclic) bond motifs is 1. The van der Waals surface area contributed by atoms with Gasteiger partial charge in [0.2, 0.25) is 0 Å². The Balaban J connectivity index is 2.55. The average Bonchev–Trinajstić information content (AvgIpc) is 2.04. The zero-order chi connectivity index (χ0) is 8.55. The van der Waals surface area contributed by atoms with Gasteiger partial charge in [-0.2, -0.15) is 0 Å². The van der Waals surface area contributed by atoms with Crippen molar-refractivity contribution >= 4 is 24.4 Å². The van der Waals surface area contributed by atoms with Crippen LogP contribution < -0.4 is 4.90 Å². The normalized spacial score (nSPS) is 14.7. The van der Waals surface area contributed by atoms with Crippen LogP contribution in [0, 0.1) is 0 Å². The van der Waals surface area contributed by atoms with Gasteiger partial charge in [-0.1, -0.05) is 12.2 Å². The van der Waals surface area contributed by atoms with E-state index >= 15 is 0 Å². The minimum atomic E-state index is 0.999. The number of likely N-dealkylation sites (N-methyl/N-ethyl adjacent to an activating group) is 1. The summed E-state index contributed by atoms with van der Waals surface area (Å²) in [4.78, 5) is 3.25. The van der Waals surface area contributed by atoms with E-state index in [4.69, 9.17) is 0 Å². The van der Waals surface area contributed by atoms with Gasteiger partial charge in [0.25, 0.3) is 0 Å². The Bertz CT molecular complexity index is 331. The molecule has 0 aromatic heterocycles. The van der Waals surface area contributed by atoms with E-state index in [1.807, 2.05) is 6.07 Å². The summed E-state index contributed by atoms with van der Waals surface area (Å²) in [5.74, 6) is 0. The predicted octanol–water partition coefficient (Wildman–Crippen LogP) is 2.44. The molecule has 1 aromatic carbocycles. The quantitative estimate of drug-likeness (QED) is 0.596. The van der Waals surface area contributed by atoms with E-state index < -0.39 is 0 Å². The van der Waals surface area contributed by atoms with Gasteiger partial charge in [-0.15, -0.1) is 12.6 Å². The van der Waals surface area contributed by atoms with Crippen LogP contribution in [0.4, 0.5) is 5.69 Å². The Hall–Kier alpha value is -0.890. The number of nitrogens with zero attached hydrogens (tertiary/aromatic N) is 1. The first-order valence-corrected chi connectivity index (χ1v) is 4.43. The second-order valence-corrected chi connectivity index (χ2v) is 3.54. The van der Waals surface area contributed by atoms with Crippen LogP contribution in [0.15, 0.2) is 29.2 Å². The topological polar surface area (TPSA) is 3.24 Å². The lowest BCUT2D eigenvalue weighted by atomic mass is 10.1. The summed E-state index contributed by atoms with van der Waals surface area (Å²) in [6, 6.07) is 6.23. The monoisotopic (exact) mass is 177 g/mol. The largest absolute Gasteiger partial charge is 0.370 e. The molecule has 1 heterocycles. The molecule has 0 unspecified atom stereocenters. The SMILES string of the molecule is CN1CC=Cc2cc(S)ccc21. The number of rotatable bonds is 0. The number of hydrogen-bond donors (Lipinski definition) is 1. The Kier molecular flexibility index (Phi) is 1.85. The molecule has 0 saturated heterocycles. The maximum absolute atomic E-state index is 4.30. The van der Waals surface area contributed by atoms with Crippen LogP contribution in [0.3, 0.4) is 0 Å². The molecule has 0 amide bonds. The van der Waals surface area contributed by atoms with Crippen LogP contribution in [0.1, 0.15) is 5.56 Å². The molecule has 1 nitrogen and oxygen atoms in total. The zero-order valence-electron chi connectivity index (χ0n) is 6.99. The first kappa shape index (κ1) is 7.74. The molecule has 0 N–H and O–H groups in total. The van der Waals surface area contributed by atoms with Crippen molar-refractivity contribution in [2.24, 2.45) is 0 Å². The van der Waals surface area contributed by atoms with E-state index in [0.717, 1.165) is 11.4 Å². The lowest BCUT2D eigenvalue weighted by Crippen LogP contribution is -2.19. The first-order chi connectivity index (χ1) is 5.77. The van der Waals surface area contributed by atoms with Crippen LogP contribution in [-0.4, -0.2) is 13.6 Å². The maximum Gasteiger partial charge on any atom is 0.0440 e. The minimum absolute atomic E-state index is 0.999. The molecule has 1 aliphatic rings. The standard InChI is InChI=1S/C10H11NS/c1-11-6-2-3-8-7-9(12)4-5-10(8)11/h2-5,7,12H,6H2,1H3. The van der Waals surface area contributed by atoms with Gasteiger partial charge < -0.3 is 4.90 Å². The highest BCUT2D eigenvalue weighted by Crippen LogP contribution is 2.26. The molecule has 0 aliphatic carbocycles. The third-order valence-electron chi connectivity index (χ3n) is 2.10. The van der Waals surface area contributed by atoms with Gasteiger partial charge in [0.15, 0.2) is 0 Å². The van der Waals surface area contributed by atoms with E-state index in [-0.39, 0.29) is 0 Å². The minimum Gasteiger partial charge on any atom is -0.370 e. The van der Waals surface area contributed by atoms with Crippen molar-refractivity contribution in [2.45, 2.75) is 4.90 Å². The van der Waals surface area contributed by atoms with Gasteiger partial charge in [-0.25, -0.2) is 0 Å². The van der Waals surface area contributed by atoms with Crippen LogP contribution in [-0.2, 0) is 0 Å². The Morgan fingerprint density at radius 2 is 2.25 bits per heavy atom. The summed E-state index contributed by atoms with van der Waals surface area (Å²) in [6.07, 6.45) is 4.31. The highest BCUT2D eigenvalue weighted by atomic mass is 32.1. The molecule has 0 atom stereocenters. The molecule has 2 rings (SSSR count). The lowest BCUT2D eigenvalue weighted by molar-refractivity contribution is 1.02. The fraction of sp³-hybridized carbons (Fsp3) is 0.200. The molecule has 0 saturated carbocycles. The van der Waals surface area contributed by atoms with Crippen molar-refractivity contribution in [3.05, 3.63) is 29.8 Å². The highest BCUT2D eigenvalue weighted by molar-refractivity contribution is 7.80. The van der Waals surface area contributed by atoms with Gasteiger partial charge in [-0.3, -0.25) is 0 Å². The van der Waals surface area contributed by atoms with Crippen molar-refractivity contribution in [1.82, 2.24) is 0 Å². The van der Waals surface area contributed by atoms with Crippen LogP contribution in [0.25, 0.3) is 6.08 Å². The predicted molar refractivity (Wildman–Crippen MR) is 56.0 cm³/mol. The second-order valence-electron chi connectivity index (χ2n) is 3.03. The van der Waals surface area contributed by atoms with E-state index in [2.05, 4.69) is 48.9 Å². The van der Waals surface area contributed by atoms with Crippen molar-refractivity contribution < 1.29 is 0 Å². The fourth-order valence-electron chi connectivity index (χ4n) is 1.46. The molecule has 1 aliphatic heterocycles. The van der Waals surface area contributed by atoms with Crippen LogP contribution in [0.2, 0.25) is 0 Å². The molecule has 1 aromatic rings. The Labute approximate surface area is 78.1 Å². The Morgan fingerprint density at radius 1 is 1.42 bits per heavy atom. The van der Waals surface area contributed by atoms with Crippen molar-refractivity contribution in [1.29, 1.82) is 0 Å². The third-order valence-corrected chi connectivity index (χ3v) is 2.38. The summed E-state index contributed by atoms with van der Waals surface area (Å²) < 4.78 is 0. The van der Waals surface area contributed by atoms with Crippen molar-refractivity contribution in [3.63, 3.8) is 0 Å². The number of hydrogen-bond acceptors (Lipinski definition) is 2. The molecular weight excluding hydrogens is 166 g/mol. The van der Waals surface area contributed by atoms with Gasteiger partial charge in [0.1, 0.15) is 0 Å². The molecule has 2 heteroatoms. The number of benzene rings is 1. The van der Waals surface area contributed by atoms with E-state index in [9.17, 15) is 0 Å². The van der Waals surface area contributed by atoms with Crippen molar-refractivity contribution in [2.75, 3.05) is 18.5 Å². The number of anilines is 1. The second kappa shape index (κ2) is 2.87. The van der Waals surface area contributed by atoms with Crippen LogP contribution >= 0.6 is 12.6 Å². The number of thiol groups is 1. The Morgan fingerprint density at radius 3 is 3.08 bits per heavy atom. The zero-order valence-corrected chi connectivity index (χ0v) is 7.88. The van der Waals surface area contributed by atoms with E-state index in [1.54, 1.807) is 0 Å². The molecule has 0 spiro atoms. The summed E-state index contributed by atoms with van der Waals surface area (Å²) in [7, 11) is 2.10.